The van der Waals surface area contributed by atoms with E-state index in [-0.39, 0.29) is 11.9 Å². The number of benzene rings is 1. The number of rotatable bonds is 33. The standard InChI is InChI=1S/C42H72O4/c1-3-5-7-9-11-13-15-17-19-20-22-24-26-28-30-32-38-46-42(44)40-35-33-39(34-36-40)41(43)45-37-31-29-27-25-23-21-18-16-14-12-10-8-6-4-2/h17,19,33-36H,3-16,18,20-32,37-38H2,1-2H3/b19-17-. The first-order valence-corrected chi connectivity index (χ1v) is 19.8. The van der Waals surface area contributed by atoms with E-state index in [0.717, 1.165) is 25.7 Å². The van der Waals surface area contributed by atoms with Crippen molar-refractivity contribution in [3.63, 3.8) is 0 Å². The first kappa shape index (κ1) is 41.9. The highest BCUT2D eigenvalue weighted by Crippen LogP contribution is 2.14. The second-order valence-corrected chi connectivity index (χ2v) is 13.4. The Morgan fingerprint density at radius 2 is 0.674 bits per heavy atom. The van der Waals surface area contributed by atoms with E-state index < -0.39 is 0 Å². The van der Waals surface area contributed by atoms with Gasteiger partial charge in [-0.3, -0.25) is 0 Å². The Morgan fingerprint density at radius 3 is 0.978 bits per heavy atom. The fraction of sp³-hybridized carbons (Fsp3) is 0.762. The molecule has 0 atom stereocenters. The second kappa shape index (κ2) is 32.8. The van der Waals surface area contributed by atoms with Gasteiger partial charge in [-0.1, -0.05) is 167 Å². The summed E-state index contributed by atoms with van der Waals surface area (Å²) in [5, 5.41) is 0. The summed E-state index contributed by atoms with van der Waals surface area (Å²) in [4.78, 5) is 24.7. The highest BCUT2D eigenvalue weighted by atomic mass is 16.5. The molecule has 4 nitrogen and oxygen atoms in total. The van der Waals surface area contributed by atoms with Crippen LogP contribution < -0.4 is 0 Å². The molecule has 0 spiro atoms. The largest absolute Gasteiger partial charge is 0.462 e. The van der Waals surface area contributed by atoms with Gasteiger partial charge in [0.05, 0.1) is 24.3 Å². The van der Waals surface area contributed by atoms with Crippen LogP contribution in [0.3, 0.4) is 0 Å². The zero-order valence-corrected chi connectivity index (χ0v) is 30.3. The number of carbonyl (C=O) groups excluding carboxylic acids is 2. The third-order valence-corrected chi connectivity index (χ3v) is 8.98. The van der Waals surface area contributed by atoms with Crippen molar-refractivity contribution in [3.05, 3.63) is 47.5 Å². The van der Waals surface area contributed by atoms with Gasteiger partial charge >= 0.3 is 11.9 Å². The third-order valence-electron chi connectivity index (χ3n) is 8.98. The Hall–Kier alpha value is -2.10. The zero-order valence-electron chi connectivity index (χ0n) is 30.3. The van der Waals surface area contributed by atoms with Crippen LogP contribution in [0.4, 0.5) is 0 Å². The Balaban J connectivity index is 1.95. The van der Waals surface area contributed by atoms with E-state index in [2.05, 4.69) is 26.0 Å². The molecule has 0 N–H and O–H groups in total. The quantitative estimate of drug-likeness (QED) is 0.0436. The van der Waals surface area contributed by atoms with Crippen LogP contribution in [0.25, 0.3) is 0 Å². The molecule has 0 aromatic heterocycles. The van der Waals surface area contributed by atoms with Gasteiger partial charge in [0.1, 0.15) is 0 Å². The minimum Gasteiger partial charge on any atom is -0.462 e. The third kappa shape index (κ3) is 26.0. The average Bonchev–Trinajstić information content (AvgIpc) is 3.07. The van der Waals surface area contributed by atoms with E-state index in [1.54, 1.807) is 24.3 Å². The molecule has 264 valence electrons. The van der Waals surface area contributed by atoms with Crippen molar-refractivity contribution < 1.29 is 19.1 Å². The molecule has 1 rings (SSSR count). The number of esters is 2. The van der Waals surface area contributed by atoms with E-state index in [4.69, 9.17) is 9.47 Å². The molecule has 0 aliphatic carbocycles. The molecule has 0 aliphatic rings. The van der Waals surface area contributed by atoms with Crippen molar-refractivity contribution in [2.45, 2.75) is 194 Å². The summed E-state index contributed by atoms with van der Waals surface area (Å²) in [5.74, 6) is -0.645. The topological polar surface area (TPSA) is 52.6 Å². The van der Waals surface area contributed by atoms with Crippen LogP contribution >= 0.6 is 0 Å². The molecule has 0 heterocycles. The van der Waals surface area contributed by atoms with Crippen molar-refractivity contribution in [1.29, 1.82) is 0 Å². The van der Waals surface area contributed by atoms with E-state index in [9.17, 15) is 9.59 Å². The molecule has 0 unspecified atom stereocenters. The summed E-state index contributed by atoms with van der Waals surface area (Å²) >= 11 is 0. The number of allylic oxidation sites excluding steroid dienone is 2. The zero-order chi connectivity index (χ0) is 33.2. The molecule has 0 fully saturated rings. The molecule has 1 aromatic rings. The Morgan fingerprint density at radius 1 is 0.413 bits per heavy atom. The van der Waals surface area contributed by atoms with Crippen molar-refractivity contribution in [2.24, 2.45) is 0 Å². The van der Waals surface area contributed by atoms with Gasteiger partial charge in [-0.25, -0.2) is 9.59 Å². The minimum absolute atomic E-state index is 0.321. The van der Waals surface area contributed by atoms with Gasteiger partial charge in [0, 0.05) is 0 Å². The highest BCUT2D eigenvalue weighted by Gasteiger charge is 2.11. The molecule has 0 aliphatic heterocycles. The maximum Gasteiger partial charge on any atom is 0.338 e. The maximum atomic E-state index is 12.4. The molecule has 4 heteroatoms. The Kier molecular flexibility index (Phi) is 29.9. The van der Waals surface area contributed by atoms with Crippen LogP contribution in [-0.2, 0) is 9.47 Å². The maximum absolute atomic E-state index is 12.4. The smallest absolute Gasteiger partial charge is 0.338 e. The van der Waals surface area contributed by atoms with E-state index in [0.29, 0.717) is 24.3 Å². The predicted octanol–water partition coefficient (Wildman–Crippen LogP) is 13.5. The Bertz CT molecular complexity index is 844. The van der Waals surface area contributed by atoms with Crippen molar-refractivity contribution in [1.82, 2.24) is 0 Å². The van der Waals surface area contributed by atoms with E-state index in [1.807, 2.05) is 0 Å². The van der Waals surface area contributed by atoms with Gasteiger partial charge in [0.15, 0.2) is 0 Å². The summed E-state index contributed by atoms with van der Waals surface area (Å²) in [6, 6.07) is 6.64. The summed E-state index contributed by atoms with van der Waals surface area (Å²) in [6.45, 7) is 5.44. The predicted molar refractivity (Wildman–Crippen MR) is 197 cm³/mol. The van der Waals surface area contributed by atoms with E-state index in [1.165, 1.54) is 154 Å². The van der Waals surface area contributed by atoms with Crippen LogP contribution in [0.1, 0.15) is 214 Å². The van der Waals surface area contributed by atoms with Crippen LogP contribution in [0.5, 0.6) is 0 Å². The van der Waals surface area contributed by atoms with Crippen LogP contribution in [0.2, 0.25) is 0 Å². The van der Waals surface area contributed by atoms with Gasteiger partial charge in [0.2, 0.25) is 0 Å². The van der Waals surface area contributed by atoms with Gasteiger partial charge in [-0.15, -0.1) is 0 Å². The molecular weight excluding hydrogens is 568 g/mol. The molecule has 1 aromatic carbocycles. The molecular formula is C42H72O4. The van der Waals surface area contributed by atoms with Gasteiger partial charge < -0.3 is 9.47 Å². The summed E-state index contributed by atoms with van der Waals surface area (Å²) < 4.78 is 10.9. The minimum atomic E-state index is -0.324. The number of hydrogen-bond acceptors (Lipinski definition) is 4. The van der Waals surface area contributed by atoms with E-state index >= 15 is 0 Å². The normalized spacial score (nSPS) is 11.3. The molecule has 0 bridgehead atoms. The van der Waals surface area contributed by atoms with Gasteiger partial charge in [-0.2, -0.15) is 0 Å². The number of ether oxygens (including phenoxy) is 2. The second-order valence-electron chi connectivity index (χ2n) is 13.4. The van der Waals surface area contributed by atoms with Crippen LogP contribution in [0, 0.1) is 0 Å². The highest BCUT2D eigenvalue weighted by molar-refractivity contribution is 5.93. The summed E-state index contributed by atoms with van der Waals surface area (Å²) in [5.41, 5.74) is 0.961. The lowest BCUT2D eigenvalue weighted by atomic mass is 10.0. The van der Waals surface area contributed by atoms with Crippen LogP contribution in [-0.4, -0.2) is 25.2 Å². The van der Waals surface area contributed by atoms with Crippen molar-refractivity contribution >= 4 is 11.9 Å². The number of hydrogen-bond donors (Lipinski definition) is 0. The average molecular weight is 641 g/mol. The summed E-state index contributed by atoms with van der Waals surface area (Å²) in [7, 11) is 0. The van der Waals surface area contributed by atoms with Gasteiger partial charge in [-0.05, 0) is 62.8 Å². The monoisotopic (exact) mass is 641 g/mol. The molecule has 0 radical (unpaired) electrons. The SMILES string of the molecule is CCCCCCCC/C=C\CCCCCCCCOC(=O)c1ccc(C(=O)OCCCCCCCCCCCCCCCC)cc1. The number of carbonyl (C=O) groups is 2. The lowest BCUT2D eigenvalue weighted by Crippen LogP contribution is -2.09. The molecule has 0 saturated carbocycles. The first-order chi connectivity index (χ1) is 22.7. The van der Waals surface area contributed by atoms with Crippen molar-refractivity contribution in [3.8, 4) is 0 Å². The van der Waals surface area contributed by atoms with Gasteiger partial charge in [0.25, 0.3) is 0 Å². The molecule has 0 amide bonds. The summed E-state index contributed by atoms with van der Waals surface area (Å²) in [6.07, 6.45) is 40.6. The van der Waals surface area contributed by atoms with Crippen LogP contribution in [0.15, 0.2) is 36.4 Å². The fourth-order valence-corrected chi connectivity index (χ4v) is 5.88. The number of unbranched alkanes of at least 4 members (excludes halogenated alkanes) is 25. The lowest BCUT2D eigenvalue weighted by molar-refractivity contribution is 0.0483. The lowest BCUT2D eigenvalue weighted by Gasteiger charge is -2.07. The van der Waals surface area contributed by atoms with Crippen molar-refractivity contribution in [2.75, 3.05) is 13.2 Å². The fourth-order valence-electron chi connectivity index (χ4n) is 5.88. The first-order valence-electron chi connectivity index (χ1n) is 19.8. The molecule has 46 heavy (non-hydrogen) atoms. The molecule has 0 saturated heterocycles. The Labute approximate surface area is 284 Å².